The Morgan fingerprint density at radius 2 is 1.41 bits per heavy atom. The number of pyridine rings is 1. The van der Waals surface area contributed by atoms with Gasteiger partial charge in [-0.15, -0.1) is 10.2 Å². The molecule has 0 saturated carbocycles. The second-order valence-electron chi connectivity index (χ2n) is 7.13. The first-order valence-corrected chi connectivity index (χ1v) is 9.05. The average molecular weight is 354 g/mol. The molecule has 0 fully saturated rings. The Balaban J connectivity index is 1.88. The lowest BCUT2D eigenvalue weighted by Gasteiger charge is -2.02. The minimum absolute atomic E-state index is 0.744. The molecule has 0 radical (unpaired) electrons. The number of benzene rings is 2. The molecule has 0 aliphatic heterocycles. The minimum Gasteiger partial charge on any atom is -0.283 e. The topological polar surface area (TPSA) is 42.0 Å². The Hall–Kier alpha value is -3.27. The highest BCUT2D eigenvalue weighted by Crippen LogP contribution is 2.33. The van der Waals surface area contributed by atoms with Gasteiger partial charge < -0.3 is 0 Å². The molecule has 0 saturated heterocycles. The second-order valence-corrected chi connectivity index (χ2v) is 7.13. The summed E-state index contributed by atoms with van der Waals surface area (Å²) in [6.07, 6.45) is 2.01. The van der Waals surface area contributed by atoms with Crippen LogP contribution in [0.15, 0.2) is 71.0 Å². The predicted molar refractivity (Wildman–Crippen MR) is 110 cm³/mol. The number of azo groups is 1. The van der Waals surface area contributed by atoms with E-state index < -0.39 is 0 Å². The van der Waals surface area contributed by atoms with E-state index in [0.717, 1.165) is 28.4 Å². The molecule has 0 aliphatic rings. The molecular weight excluding hydrogens is 332 g/mol. The lowest BCUT2D eigenvalue weighted by molar-refractivity contribution is 1.10. The van der Waals surface area contributed by atoms with Gasteiger partial charge in [0.15, 0.2) is 5.82 Å². The molecule has 27 heavy (non-hydrogen) atoms. The van der Waals surface area contributed by atoms with Crippen LogP contribution in [0.5, 0.6) is 0 Å². The van der Waals surface area contributed by atoms with Gasteiger partial charge in [-0.3, -0.25) is 4.40 Å². The zero-order valence-corrected chi connectivity index (χ0v) is 16.1. The molecule has 4 rings (SSSR count). The van der Waals surface area contributed by atoms with E-state index in [1.165, 1.54) is 22.3 Å². The summed E-state index contributed by atoms with van der Waals surface area (Å²) in [7, 11) is 0. The van der Waals surface area contributed by atoms with E-state index in [1.54, 1.807) is 0 Å². The minimum atomic E-state index is 0.744. The summed E-state index contributed by atoms with van der Waals surface area (Å²) >= 11 is 0. The van der Waals surface area contributed by atoms with Gasteiger partial charge in [0.2, 0.25) is 0 Å². The van der Waals surface area contributed by atoms with Crippen molar-refractivity contribution >= 4 is 17.2 Å². The van der Waals surface area contributed by atoms with Gasteiger partial charge >= 0.3 is 0 Å². The van der Waals surface area contributed by atoms with E-state index in [4.69, 9.17) is 4.98 Å². The van der Waals surface area contributed by atoms with Crippen LogP contribution >= 0.6 is 0 Å². The summed E-state index contributed by atoms with van der Waals surface area (Å²) in [4.78, 5) is 4.83. The number of fused-ring (bicyclic) bond motifs is 1. The monoisotopic (exact) mass is 354 g/mol. The van der Waals surface area contributed by atoms with Crippen molar-refractivity contribution in [3.8, 4) is 11.3 Å². The summed E-state index contributed by atoms with van der Waals surface area (Å²) in [6, 6.07) is 18.7. The van der Waals surface area contributed by atoms with Crippen molar-refractivity contribution in [1.29, 1.82) is 0 Å². The van der Waals surface area contributed by atoms with E-state index in [1.807, 2.05) is 22.7 Å². The van der Waals surface area contributed by atoms with Gasteiger partial charge in [0.05, 0.1) is 5.69 Å². The number of nitrogens with zero attached hydrogens (tertiary/aromatic N) is 4. The van der Waals surface area contributed by atoms with Crippen molar-refractivity contribution in [3.63, 3.8) is 0 Å². The number of aromatic nitrogens is 2. The summed E-state index contributed by atoms with van der Waals surface area (Å²) in [5, 5.41) is 9.11. The molecule has 0 atom stereocenters. The molecule has 2 aromatic carbocycles. The number of hydrogen-bond donors (Lipinski definition) is 0. The van der Waals surface area contributed by atoms with Crippen LogP contribution in [0.4, 0.5) is 11.5 Å². The fourth-order valence-corrected chi connectivity index (χ4v) is 3.25. The third kappa shape index (κ3) is 3.51. The van der Waals surface area contributed by atoms with Gasteiger partial charge in [0.1, 0.15) is 11.3 Å². The Morgan fingerprint density at radius 1 is 0.704 bits per heavy atom. The normalized spacial score (nSPS) is 11.6. The first-order chi connectivity index (χ1) is 13.0. The molecule has 0 N–H and O–H groups in total. The van der Waals surface area contributed by atoms with Crippen molar-refractivity contribution in [3.05, 3.63) is 83.0 Å². The Bertz CT molecular complexity index is 1130. The van der Waals surface area contributed by atoms with Gasteiger partial charge in [0, 0.05) is 11.8 Å². The van der Waals surface area contributed by atoms with Gasteiger partial charge in [-0.25, -0.2) is 4.98 Å². The number of aryl methyl sites for hydroxylation is 4. The van der Waals surface area contributed by atoms with Crippen LogP contribution < -0.4 is 0 Å². The van der Waals surface area contributed by atoms with Crippen LogP contribution in [0, 0.1) is 27.7 Å². The maximum Gasteiger partial charge on any atom is 0.187 e. The summed E-state index contributed by atoms with van der Waals surface area (Å²) < 4.78 is 1.99. The molecule has 4 nitrogen and oxygen atoms in total. The van der Waals surface area contributed by atoms with Crippen molar-refractivity contribution in [2.75, 3.05) is 0 Å². The molecule has 2 heterocycles. The van der Waals surface area contributed by atoms with Crippen molar-refractivity contribution < 1.29 is 0 Å². The molecule has 134 valence electrons. The van der Waals surface area contributed by atoms with E-state index in [-0.39, 0.29) is 0 Å². The van der Waals surface area contributed by atoms with Crippen LogP contribution in [-0.4, -0.2) is 9.38 Å². The molecule has 0 unspecified atom stereocenters. The summed E-state index contributed by atoms with van der Waals surface area (Å²) in [5.74, 6) is 0.744. The zero-order chi connectivity index (χ0) is 19.0. The second kappa shape index (κ2) is 6.80. The summed E-state index contributed by atoms with van der Waals surface area (Å²) in [5.41, 5.74) is 8.35. The third-order valence-electron chi connectivity index (χ3n) is 4.55. The molecule has 2 aromatic heterocycles. The van der Waals surface area contributed by atoms with Crippen LogP contribution in [0.3, 0.4) is 0 Å². The molecule has 4 aromatic rings. The third-order valence-corrected chi connectivity index (χ3v) is 4.55. The van der Waals surface area contributed by atoms with E-state index >= 15 is 0 Å². The van der Waals surface area contributed by atoms with E-state index in [0.29, 0.717) is 0 Å². The molecule has 0 spiro atoms. The lowest BCUT2D eigenvalue weighted by Crippen LogP contribution is -1.84. The fraction of sp³-hybridized carbons (Fsp3) is 0.174. The van der Waals surface area contributed by atoms with Gasteiger partial charge in [-0.1, -0.05) is 35.9 Å². The Morgan fingerprint density at radius 3 is 2.11 bits per heavy atom. The van der Waals surface area contributed by atoms with Gasteiger partial charge in [-0.05, 0) is 68.7 Å². The Kier molecular flexibility index (Phi) is 4.32. The standard InChI is InChI=1S/C23H22N4/c1-15-5-7-19(8-6-15)22-23(27-10-9-16(2)14-21(27)24-22)26-25-20-12-17(3)11-18(4)13-20/h5-14H,1-4H3. The fourth-order valence-electron chi connectivity index (χ4n) is 3.25. The maximum absolute atomic E-state index is 4.83. The van der Waals surface area contributed by atoms with Crippen LogP contribution in [0.1, 0.15) is 22.3 Å². The van der Waals surface area contributed by atoms with Crippen molar-refractivity contribution in [2.45, 2.75) is 27.7 Å². The lowest BCUT2D eigenvalue weighted by atomic mass is 10.1. The van der Waals surface area contributed by atoms with Crippen LogP contribution in [-0.2, 0) is 0 Å². The van der Waals surface area contributed by atoms with E-state index in [9.17, 15) is 0 Å². The van der Waals surface area contributed by atoms with Crippen LogP contribution in [0.25, 0.3) is 16.9 Å². The molecule has 4 heteroatoms. The zero-order valence-electron chi connectivity index (χ0n) is 16.1. The van der Waals surface area contributed by atoms with Crippen molar-refractivity contribution in [1.82, 2.24) is 9.38 Å². The number of hydrogen-bond acceptors (Lipinski definition) is 3. The van der Waals surface area contributed by atoms with Crippen molar-refractivity contribution in [2.24, 2.45) is 10.2 Å². The number of imidazole rings is 1. The first kappa shape index (κ1) is 17.2. The SMILES string of the molecule is Cc1ccc(-c2nc3cc(C)ccn3c2N=Nc2cc(C)cc(C)c2)cc1. The van der Waals surface area contributed by atoms with Gasteiger partial charge in [-0.2, -0.15) is 0 Å². The van der Waals surface area contributed by atoms with Crippen LogP contribution in [0.2, 0.25) is 0 Å². The highest BCUT2D eigenvalue weighted by molar-refractivity contribution is 5.74. The van der Waals surface area contributed by atoms with Gasteiger partial charge in [0.25, 0.3) is 0 Å². The molecule has 0 bridgehead atoms. The average Bonchev–Trinajstić information content (AvgIpc) is 2.97. The number of rotatable bonds is 3. The predicted octanol–water partition coefficient (Wildman–Crippen LogP) is 6.65. The molecular formula is C23H22N4. The quantitative estimate of drug-likeness (QED) is 0.380. The largest absolute Gasteiger partial charge is 0.283 e. The first-order valence-electron chi connectivity index (χ1n) is 9.05. The highest BCUT2D eigenvalue weighted by Gasteiger charge is 2.14. The molecule has 0 amide bonds. The van der Waals surface area contributed by atoms with E-state index in [2.05, 4.69) is 80.4 Å². The maximum atomic E-state index is 4.83. The Labute approximate surface area is 159 Å². The summed E-state index contributed by atoms with van der Waals surface area (Å²) in [6.45, 7) is 8.29. The highest BCUT2D eigenvalue weighted by atomic mass is 15.2. The smallest absolute Gasteiger partial charge is 0.187 e. The molecule has 0 aliphatic carbocycles.